The van der Waals surface area contributed by atoms with Gasteiger partial charge in [-0.2, -0.15) is 0 Å². The van der Waals surface area contributed by atoms with Crippen molar-refractivity contribution in [2.75, 3.05) is 0 Å². The SMILES string of the molecule is CC=CC(O)(C#C[Si](C)(C)C(C)(C)C)/C=C/c1ccccc1. The van der Waals surface area contributed by atoms with Gasteiger partial charge in [0.05, 0.1) is 0 Å². The molecular formula is C20H28OSi. The lowest BCUT2D eigenvalue weighted by Gasteiger charge is -2.32. The molecule has 0 aliphatic heterocycles. The molecule has 1 N–H and O–H groups in total. The molecule has 0 aliphatic carbocycles. The highest BCUT2D eigenvalue weighted by atomic mass is 28.3. The summed E-state index contributed by atoms with van der Waals surface area (Å²) in [7, 11) is -1.74. The fourth-order valence-electron chi connectivity index (χ4n) is 1.62. The second kappa shape index (κ2) is 7.13. The third-order valence-electron chi connectivity index (χ3n) is 4.20. The molecule has 0 saturated heterocycles. The molecule has 0 amide bonds. The molecule has 118 valence electrons. The minimum absolute atomic E-state index is 0.181. The molecule has 22 heavy (non-hydrogen) atoms. The number of aliphatic hydroxyl groups is 1. The molecule has 0 aliphatic rings. The monoisotopic (exact) mass is 312 g/mol. The zero-order chi connectivity index (χ0) is 16.9. The molecule has 0 heterocycles. The minimum atomic E-state index is -1.74. The molecule has 1 atom stereocenters. The van der Waals surface area contributed by atoms with Crippen molar-refractivity contribution in [1.82, 2.24) is 0 Å². The molecule has 0 radical (unpaired) electrons. The predicted octanol–water partition coefficient (Wildman–Crippen LogP) is 5.06. The van der Waals surface area contributed by atoms with Crippen LogP contribution in [0.3, 0.4) is 0 Å². The van der Waals surface area contributed by atoms with E-state index in [9.17, 15) is 5.11 Å². The van der Waals surface area contributed by atoms with Crippen LogP contribution in [-0.4, -0.2) is 18.8 Å². The highest BCUT2D eigenvalue weighted by Crippen LogP contribution is 2.35. The molecule has 0 fully saturated rings. The lowest BCUT2D eigenvalue weighted by atomic mass is 10.0. The summed E-state index contributed by atoms with van der Waals surface area (Å²) in [6.07, 6.45) is 7.27. The highest BCUT2D eigenvalue weighted by molar-refractivity contribution is 6.87. The Morgan fingerprint density at radius 2 is 1.64 bits per heavy atom. The molecule has 0 saturated carbocycles. The number of hydrogen-bond acceptors (Lipinski definition) is 1. The van der Waals surface area contributed by atoms with Crippen LogP contribution in [0.4, 0.5) is 0 Å². The van der Waals surface area contributed by atoms with Crippen LogP contribution in [0.2, 0.25) is 18.1 Å². The zero-order valence-electron chi connectivity index (χ0n) is 14.6. The van der Waals surface area contributed by atoms with Crippen LogP contribution in [-0.2, 0) is 0 Å². The van der Waals surface area contributed by atoms with E-state index in [-0.39, 0.29) is 5.04 Å². The predicted molar refractivity (Wildman–Crippen MR) is 100 cm³/mol. The summed E-state index contributed by atoms with van der Waals surface area (Å²) >= 11 is 0. The minimum Gasteiger partial charge on any atom is -0.370 e. The number of rotatable bonds is 3. The van der Waals surface area contributed by atoms with E-state index in [1.165, 1.54) is 0 Å². The first-order valence-electron chi connectivity index (χ1n) is 7.74. The summed E-state index contributed by atoms with van der Waals surface area (Å²) < 4.78 is 0. The maximum atomic E-state index is 10.8. The van der Waals surface area contributed by atoms with Gasteiger partial charge in [-0.3, -0.25) is 0 Å². The first-order valence-corrected chi connectivity index (χ1v) is 10.7. The molecule has 1 rings (SSSR count). The topological polar surface area (TPSA) is 20.2 Å². The Labute approximate surface area is 136 Å². The molecular weight excluding hydrogens is 284 g/mol. The van der Waals surface area contributed by atoms with Crippen LogP contribution in [0.1, 0.15) is 33.3 Å². The van der Waals surface area contributed by atoms with Crippen LogP contribution < -0.4 is 0 Å². The van der Waals surface area contributed by atoms with Crippen LogP contribution in [0, 0.1) is 11.5 Å². The van der Waals surface area contributed by atoms with Gasteiger partial charge in [0, 0.05) is 0 Å². The standard InChI is InChI=1S/C20H28OSi/c1-7-14-20(21,15-13-18-11-9-8-10-12-18)16-17-22(5,6)19(2,3)4/h7-15,21H,1-6H3/b14-7?,15-13+. The van der Waals surface area contributed by atoms with Gasteiger partial charge in [-0.1, -0.05) is 82.3 Å². The first kappa shape index (κ1) is 18.5. The molecule has 0 aromatic heterocycles. The van der Waals surface area contributed by atoms with Crippen molar-refractivity contribution in [2.24, 2.45) is 0 Å². The Morgan fingerprint density at radius 1 is 1.05 bits per heavy atom. The van der Waals surface area contributed by atoms with Crippen LogP contribution in [0.25, 0.3) is 6.08 Å². The van der Waals surface area contributed by atoms with E-state index in [0.717, 1.165) is 5.56 Å². The third-order valence-corrected chi connectivity index (χ3v) is 8.70. The molecule has 1 unspecified atom stereocenters. The van der Waals surface area contributed by atoms with Gasteiger partial charge < -0.3 is 5.11 Å². The van der Waals surface area contributed by atoms with Gasteiger partial charge in [0.2, 0.25) is 0 Å². The third kappa shape index (κ3) is 5.33. The number of hydrogen-bond donors (Lipinski definition) is 1. The van der Waals surface area contributed by atoms with Crippen molar-refractivity contribution in [3.8, 4) is 11.5 Å². The zero-order valence-corrected chi connectivity index (χ0v) is 15.6. The van der Waals surface area contributed by atoms with Gasteiger partial charge in [0.15, 0.2) is 5.60 Å². The summed E-state index contributed by atoms with van der Waals surface area (Å²) in [6.45, 7) is 13.1. The average molecular weight is 313 g/mol. The van der Waals surface area contributed by atoms with E-state index in [2.05, 4.69) is 45.3 Å². The summed E-state index contributed by atoms with van der Waals surface area (Å²) in [5, 5.41) is 11.0. The quantitative estimate of drug-likeness (QED) is 0.470. The fourth-order valence-corrected chi connectivity index (χ4v) is 2.51. The van der Waals surface area contributed by atoms with Gasteiger partial charge in [-0.25, -0.2) is 0 Å². The molecule has 1 nitrogen and oxygen atoms in total. The van der Waals surface area contributed by atoms with Gasteiger partial charge in [0.1, 0.15) is 8.07 Å². The lowest BCUT2D eigenvalue weighted by molar-refractivity contribution is 0.205. The van der Waals surface area contributed by atoms with Crippen LogP contribution in [0.5, 0.6) is 0 Å². The van der Waals surface area contributed by atoms with Crippen LogP contribution in [0.15, 0.2) is 48.6 Å². The van der Waals surface area contributed by atoms with E-state index in [1.54, 1.807) is 12.2 Å². The van der Waals surface area contributed by atoms with Crippen molar-refractivity contribution in [2.45, 2.75) is 51.4 Å². The normalized spacial score (nSPS) is 15.6. The maximum Gasteiger partial charge on any atom is 0.162 e. The average Bonchev–Trinajstić information content (AvgIpc) is 2.44. The van der Waals surface area contributed by atoms with Crippen molar-refractivity contribution in [1.29, 1.82) is 0 Å². The molecule has 1 aromatic carbocycles. The van der Waals surface area contributed by atoms with Crippen molar-refractivity contribution < 1.29 is 5.11 Å². The van der Waals surface area contributed by atoms with E-state index in [4.69, 9.17) is 0 Å². The second-order valence-electron chi connectivity index (χ2n) is 7.19. The Morgan fingerprint density at radius 3 is 2.14 bits per heavy atom. The summed E-state index contributed by atoms with van der Waals surface area (Å²) in [5.74, 6) is 3.11. The second-order valence-corrected chi connectivity index (χ2v) is 12.2. The Bertz CT molecular complexity index is 594. The van der Waals surface area contributed by atoms with Crippen molar-refractivity contribution in [3.05, 3.63) is 54.1 Å². The highest BCUT2D eigenvalue weighted by Gasteiger charge is 2.34. The van der Waals surface area contributed by atoms with Crippen molar-refractivity contribution >= 4 is 14.1 Å². The summed E-state index contributed by atoms with van der Waals surface area (Å²) in [6, 6.07) is 9.96. The van der Waals surface area contributed by atoms with Crippen molar-refractivity contribution in [3.63, 3.8) is 0 Å². The Balaban J connectivity index is 3.11. The van der Waals surface area contributed by atoms with Crippen LogP contribution >= 0.6 is 0 Å². The van der Waals surface area contributed by atoms with E-state index >= 15 is 0 Å². The van der Waals surface area contributed by atoms with Gasteiger partial charge >= 0.3 is 0 Å². The van der Waals surface area contributed by atoms with E-state index < -0.39 is 13.7 Å². The lowest BCUT2D eigenvalue weighted by Crippen LogP contribution is -2.36. The number of benzene rings is 1. The number of allylic oxidation sites excluding steroid dienone is 1. The summed E-state index contributed by atoms with van der Waals surface area (Å²) in [4.78, 5) is 0. The fraction of sp³-hybridized carbons (Fsp3) is 0.400. The van der Waals surface area contributed by atoms with Gasteiger partial charge in [0.25, 0.3) is 0 Å². The Hall–Kier alpha value is -1.56. The van der Waals surface area contributed by atoms with Gasteiger partial charge in [-0.15, -0.1) is 5.54 Å². The van der Waals surface area contributed by atoms with E-state index in [1.807, 2.05) is 49.4 Å². The van der Waals surface area contributed by atoms with E-state index in [0.29, 0.717) is 0 Å². The first-order chi connectivity index (χ1) is 10.1. The largest absolute Gasteiger partial charge is 0.370 e. The molecule has 0 spiro atoms. The van der Waals surface area contributed by atoms with Gasteiger partial charge in [-0.05, 0) is 29.7 Å². The molecule has 0 bridgehead atoms. The Kier molecular flexibility index (Phi) is 5.99. The smallest absolute Gasteiger partial charge is 0.162 e. The maximum absolute atomic E-state index is 10.8. The summed E-state index contributed by atoms with van der Waals surface area (Å²) in [5.41, 5.74) is 3.24. The molecule has 2 heteroatoms. The molecule has 1 aromatic rings.